The second kappa shape index (κ2) is 23.9. The van der Waals surface area contributed by atoms with Crippen molar-refractivity contribution in [1.29, 1.82) is 0 Å². The van der Waals surface area contributed by atoms with E-state index >= 15 is 0 Å². The monoisotopic (exact) mass is 1180 g/mol. The van der Waals surface area contributed by atoms with Crippen molar-refractivity contribution in [3.05, 3.63) is 100 Å². The van der Waals surface area contributed by atoms with Gasteiger partial charge in [0.2, 0.25) is 5.88 Å². The molecule has 8 aliphatic rings. The Morgan fingerprint density at radius 1 is 0.847 bits per heavy atom. The number of rotatable bonds is 15. The van der Waals surface area contributed by atoms with Gasteiger partial charge in [0.1, 0.15) is 28.9 Å². The van der Waals surface area contributed by atoms with E-state index in [-0.39, 0.29) is 40.8 Å². The molecule has 2 aromatic heterocycles. The topological polar surface area (TPSA) is 220 Å². The van der Waals surface area contributed by atoms with E-state index < -0.39 is 43.1 Å². The molecule has 1 spiro atoms. The van der Waals surface area contributed by atoms with E-state index in [9.17, 15) is 28.4 Å². The van der Waals surface area contributed by atoms with Crippen molar-refractivity contribution >= 4 is 55.4 Å². The number of nitrogens with zero attached hydrogens (tertiary/aromatic N) is 7. The van der Waals surface area contributed by atoms with E-state index in [0.29, 0.717) is 80.0 Å². The zero-order valence-electron chi connectivity index (χ0n) is 49.5. The number of nitro benzene ring substituents is 1. The Bertz CT molecular complexity index is 3340. The molecule has 7 fully saturated rings. The quantitative estimate of drug-likeness (QED) is 0.0567. The average molecular weight is 1190 g/mol. The number of nitrogens with one attached hydrogen (secondary N) is 3. The van der Waals surface area contributed by atoms with Gasteiger partial charge in [0, 0.05) is 106 Å². The van der Waals surface area contributed by atoms with Crippen LogP contribution in [0.3, 0.4) is 0 Å². The van der Waals surface area contributed by atoms with Crippen LogP contribution in [0.15, 0.2) is 83.9 Å². The van der Waals surface area contributed by atoms with Gasteiger partial charge in [-0.25, -0.2) is 13.1 Å². The molecular formula is C64H84N10O10S. The lowest BCUT2D eigenvalue weighted by Crippen LogP contribution is -2.61. The Balaban J connectivity index is 0.741. The normalized spacial score (nSPS) is 26.6. The summed E-state index contributed by atoms with van der Waals surface area (Å²) in [7, 11) is -4.64. The Morgan fingerprint density at radius 2 is 1.60 bits per heavy atom. The Kier molecular flexibility index (Phi) is 16.3. The number of hydrogen-bond acceptors (Lipinski definition) is 17. The lowest BCUT2D eigenvalue weighted by molar-refractivity contribution is -0.384. The highest BCUT2D eigenvalue weighted by atomic mass is 32.2. The molecule has 2 saturated carbocycles. The molecule has 0 bridgehead atoms. The fourth-order valence-electron chi connectivity index (χ4n) is 15.5. The second-order valence-corrected chi connectivity index (χ2v) is 27.9. The van der Waals surface area contributed by atoms with Crippen LogP contribution in [-0.2, 0) is 19.5 Å². The van der Waals surface area contributed by atoms with Gasteiger partial charge in [-0.15, -0.1) is 0 Å². The Morgan fingerprint density at radius 3 is 2.36 bits per heavy atom. The van der Waals surface area contributed by atoms with Gasteiger partial charge in [-0.1, -0.05) is 18.2 Å². The maximum atomic E-state index is 14.9. The molecule has 1 amide bonds. The first-order valence-electron chi connectivity index (χ1n) is 31.4. The molecular weight excluding hydrogens is 1100 g/mol. The van der Waals surface area contributed by atoms with Gasteiger partial charge in [0.15, 0.2) is 0 Å². The fourth-order valence-corrected chi connectivity index (χ4v) is 16.5. The Labute approximate surface area is 499 Å². The number of H-pyrrole nitrogens is 1. The van der Waals surface area contributed by atoms with Crippen LogP contribution >= 0.6 is 0 Å². The van der Waals surface area contributed by atoms with Gasteiger partial charge in [0.05, 0.1) is 51.5 Å². The molecule has 8 heterocycles. The summed E-state index contributed by atoms with van der Waals surface area (Å²) < 4.78 is 55.7. The molecule has 5 saturated heterocycles. The van der Waals surface area contributed by atoms with Crippen LogP contribution in [0, 0.1) is 21.4 Å². The summed E-state index contributed by atoms with van der Waals surface area (Å²) in [4.78, 5) is 47.3. The fraction of sp³-hybridized carbons (Fsp3) is 0.594. The molecule has 5 aromatic rings. The van der Waals surface area contributed by atoms with E-state index in [2.05, 4.69) is 77.6 Å². The van der Waals surface area contributed by atoms with Gasteiger partial charge in [-0.05, 0) is 177 Å². The molecule has 85 heavy (non-hydrogen) atoms. The van der Waals surface area contributed by atoms with Gasteiger partial charge in [-0.3, -0.25) is 24.7 Å². The van der Waals surface area contributed by atoms with Crippen LogP contribution in [0.25, 0.3) is 11.0 Å². The van der Waals surface area contributed by atoms with E-state index in [0.717, 1.165) is 133 Å². The minimum Gasteiger partial charge on any atom is -0.491 e. The van der Waals surface area contributed by atoms with Crippen molar-refractivity contribution in [3.8, 4) is 11.6 Å². The van der Waals surface area contributed by atoms with E-state index in [1.165, 1.54) is 30.5 Å². The third-order valence-corrected chi connectivity index (χ3v) is 21.7. The van der Waals surface area contributed by atoms with E-state index in [1.54, 1.807) is 6.07 Å². The number of anilines is 4. The maximum Gasteiger partial charge on any atom is 0.293 e. The summed E-state index contributed by atoms with van der Waals surface area (Å²) in [5.74, 6) is 0.675. The average Bonchev–Trinajstić information content (AvgIpc) is 4.02. The third-order valence-electron chi connectivity index (χ3n) is 20.4. The second-order valence-electron chi connectivity index (χ2n) is 26.2. The summed E-state index contributed by atoms with van der Waals surface area (Å²) in [5.41, 5.74) is 3.36. The van der Waals surface area contributed by atoms with Crippen molar-refractivity contribution in [2.75, 3.05) is 93.9 Å². The number of benzene rings is 3. The van der Waals surface area contributed by atoms with Crippen LogP contribution in [0.5, 0.6) is 11.6 Å². The molecule has 21 heteroatoms. The standard InChI is InChI=1S/C64H84N10O10S/c1-42(2)83-58-7-5-4-6-50(58)57-40-71(45-15-25-69(26-16-45)46-17-31-81-32-18-46)29-30-72(57)48-37-64(38-48)22-27-70(28-23-64)47-8-10-51(54(35-47)73-53-19-33-82-41-59(53)84-62-56(73)34-44-14-24-65-60(44)67-62)61(75)68-85(79,80)49-9-11-52(55(36-49)74(77)78)66-39-43-12-20-63(3,76)21-13-43/h4-11,14,24,34-36,42-43,45-46,48,53,57,59,66,76H,12-13,15-23,25-33,37-41H2,1-3H3,(H,65,67)(H,68,75)/t43?,53-,57+,59-,63?/m0/s1. The van der Waals surface area contributed by atoms with Gasteiger partial charge in [0.25, 0.3) is 21.6 Å². The van der Waals surface area contributed by atoms with Crippen LogP contribution < -0.4 is 29.3 Å². The maximum absolute atomic E-state index is 14.9. The number of fused-ring (bicyclic) bond motifs is 3. The summed E-state index contributed by atoms with van der Waals surface area (Å²) in [5, 5.41) is 26.9. The molecule has 20 nitrogen and oxygen atoms in total. The molecule has 456 valence electrons. The number of likely N-dealkylation sites (tertiary alicyclic amines) is 1. The molecule has 0 radical (unpaired) electrons. The number of sulfonamides is 1. The highest BCUT2D eigenvalue weighted by Crippen LogP contribution is 2.54. The number of piperazine rings is 1. The van der Waals surface area contributed by atoms with Gasteiger partial charge >= 0.3 is 0 Å². The predicted molar refractivity (Wildman–Crippen MR) is 326 cm³/mol. The number of pyridine rings is 1. The van der Waals surface area contributed by atoms with E-state index in [4.69, 9.17) is 23.9 Å². The van der Waals surface area contributed by atoms with Crippen molar-refractivity contribution in [3.63, 3.8) is 0 Å². The number of piperidine rings is 2. The number of nitro groups is 1. The van der Waals surface area contributed by atoms with Crippen LogP contribution in [0.2, 0.25) is 0 Å². The smallest absolute Gasteiger partial charge is 0.293 e. The Hall–Kier alpha value is -6.07. The van der Waals surface area contributed by atoms with Crippen molar-refractivity contribution in [1.82, 2.24) is 29.4 Å². The van der Waals surface area contributed by atoms with E-state index in [1.807, 2.05) is 37.4 Å². The number of aromatic amines is 1. The minimum absolute atomic E-state index is 0.0707. The third kappa shape index (κ3) is 12.1. The summed E-state index contributed by atoms with van der Waals surface area (Å²) >= 11 is 0. The number of carbonyl (C=O) groups is 1. The zero-order chi connectivity index (χ0) is 58.6. The predicted octanol–water partition coefficient (Wildman–Crippen LogP) is 9.17. The number of hydrogen-bond donors (Lipinski definition) is 4. The molecule has 3 atom stereocenters. The molecule has 3 aromatic carbocycles. The first-order valence-corrected chi connectivity index (χ1v) is 32.8. The number of aliphatic hydroxyl groups is 1. The molecule has 6 aliphatic heterocycles. The largest absolute Gasteiger partial charge is 0.491 e. The number of ether oxygens (including phenoxy) is 4. The molecule has 4 N–H and O–H groups in total. The van der Waals surface area contributed by atoms with Crippen LogP contribution in [-0.4, -0.2) is 170 Å². The first-order chi connectivity index (χ1) is 41.1. The highest BCUT2D eigenvalue weighted by Gasteiger charge is 2.51. The summed E-state index contributed by atoms with van der Waals surface area (Å²) in [6, 6.07) is 23.6. The first kappa shape index (κ1) is 58.0. The summed E-state index contributed by atoms with van der Waals surface area (Å²) in [6.45, 7) is 16.0. The van der Waals surface area contributed by atoms with Gasteiger partial charge < -0.3 is 49.1 Å². The molecule has 0 unspecified atom stereocenters. The van der Waals surface area contributed by atoms with Gasteiger partial charge in [-0.2, -0.15) is 4.98 Å². The van der Waals surface area contributed by atoms with Crippen LogP contribution in [0.1, 0.15) is 126 Å². The molecule has 2 aliphatic carbocycles. The van der Waals surface area contributed by atoms with Crippen LogP contribution in [0.4, 0.5) is 28.4 Å². The lowest BCUT2D eigenvalue weighted by atomic mass is 9.59. The van der Waals surface area contributed by atoms with Crippen molar-refractivity contribution < 1.29 is 42.2 Å². The number of aromatic nitrogens is 2. The lowest BCUT2D eigenvalue weighted by Gasteiger charge is -2.59. The number of amides is 1. The number of carbonyl (C=O) groups excluding carboxylic acids is 1. The van der Waals surface area contributed by atoms with Crippen molar-refractivity contribution in [2.24, 2.45) is 11.3 Å². The number of para-hydroxylation sites is 1. The zero-order valence-corrected chi connectivity index (χ0v) is 50.3. The highest BCUT2D eigenvalue weighted by molar-refractivity contribution is 7.90. The summed E-state index contributed by atoms with van der Waals surface area (Å²) in [6.07, 6.45) is 13.8. The minimum atomic E-state index is -4.64. The molecule has 13 rings (SSSR count). The van der Waals surface area contributed by atoms with Crippen molar-refractivity contribution in [2.45, 2.75) is 157 Å². The SMILES string of the molecule is CC(C)Oc1ccccc1[C@H]1CN(C2CCN(C3CCOCC3)CC2)CCN1C1CC2(CCN(c3ccc(C(=O)NS(=O)(=O)c4ccc(NCC5CCC(C)(O)CC5)c([N+](=O)[O-])c4)c(N4c5cc6cc[nH]c6nc5O[C@H]5COCC[C@@H]54)c3)CC2)C1.